The molecule has 1 aromatic heterocycles. The first-order valence-electron chi connectivity index (χ1n) is 7.68. The Labute approximate surface area is 130 Å². The SMILES string of the molecule is OC1(CNCc2cnc(-c3ccccc3)s2)CCCCC1. The van der Waals surface area contributed by atoms with Crippen LogP contribution in [0.4, 0.5) is 0 Å². The van der Waals surface area contributed by atoms with E-state index in [9.17, 15) is 5.11 Å². The van der Waals surface area contributed by atoms with E-state index in [4.69, 9.17) is 0 Å². The standard InChI is InChI=1S/C17H22N2OS/c20-17(9-5-2-6-10-17)13-18-11-15-12-19-16(21-15)14-7-3-1-4-8-14/h1,3-4,7-8,12,18,20H,2,5-6,9-11,13H2. The average molecular weight is 302 g/mol. The summed E-state index contributed by atoms with van der Waals surface area (Å²) in [6.07, 6.45) is 7.35. The van der Waals surface area contributed by atoms with Crippen LogP contribution in [0.2, 0.25) is 0 Å². The number of benzene rings is 1. The monoisotopic (exact) mass is 302 g/mol. The largest absolute Gasteiger partial charge is 0.389 e. The lowest BCUT2D eigenvalue weighted by Gasteiger charge is -2.32. The summed E-state index contributed by atoms with van der Waals surface area (Å²) in [5.74, 6) is 0. The number of rotatable bonds is 5. The van der Waals surface area contributed by atoms with Crippen molar-refractivity contribution in [2.45, 2.75) is 44.2 Å². The molecule has 1 aliphatic carbocycles. The lowest BCUT2D eigenvalue weighted by Crippen LogP contribution is -2.41. The van der Waals surface area contributed by atoms with Gasteiger partial charge < -0.3 is 10.4 Å². The molecule has 2 N–H and O–H groups in total. The molecule has 0 amide bonds. The van der Waals surface area contributed by atoms with Crippen molar-refractivity contribution < 1.29 is 5.11 Å². The van der Waals surface area contributed by atoms with Crippen LogP contribution in [0.3, 0.4) is 0 Å². The van der Waals surface area contributed by atoms with Gasteiger partial charge in [0.2, 0.25) is 0 Å². The fraction of sp³-hybridized carbons (Fsp3) is 0.471. The van der Waals surface area contributed by atoms with Crippen LogP contribution in [0, 0.1) is 0 Å². The number of hydrogen-bond donors (Lipinski definition) is 2. The second-order valence-electron chi connectivity index (χ2n) is 5.89. The highest BCUT2D eigenvalue weighted by Gasteiger charge is 2.28. The fourth-order valence-electron chi connectivity index (χ4n) is 2.91. The molecule has 0 spiro atoms. The number of hydrogen-bond acceptors (Lipinski definition) is 4. The van der Waals surface area contributed by atoms with Gasteiger partial charge in [-0.05, 0) is 12.8 Å². The molecular weight excluding hydrogens is 280 g/mol. The van der Waals surface area contributed by atoms with Crippen molar-refractivity contribution in [1.82, 2.24) is 10.3 Å². The van der Waals surface area contributed by atoms with Gasteiger partial charge in [-0.1, -0.05) is 49.6 Å². The van der Waals surface area contributed by atoms with E-state index in [1.54, 1.807) is 11.3 Å². The molecule has 1 saturated carbocycles. The number of aromatic nitrogens is 1. The number of nitrogens with one attached hydrogen (secondary N) is 1. The van der Waals surface area contributed by atoms with Gasteiger partial charge in [-0.25, -0.2) is 4.98 Å². The second-order valence-corrected chi connectivity index (χ2v) is 7.00. The Hall–Kier alpha value is -1.23. The molecule has 3 rings (SSSR count). The Bertz CT molecular complexity index is 561. The third-order valence-corrected chi connectivity index (χ3v) is 5.16. The van der Waals surface area contributed by atoms with E-state index in [1.165, 1.54) is 16.9 Å². The normalized spacial score (nSPS) is 17.8. The van der Waals surface area contributed by atoms with E-state index in [0.717, 1.165) is 37.2 Å². The Balaban J connectivity index is 1.53. The summed E-state index contributed by atoms with van der Waals surface area (Å²) in [4.78, 5) is 5.70. The first-order valence-corrected chi connectivity index (χ1v) is 8.50. The van der Waals surface area contributed by atoms with Gasteiger partial charge in [-0.3, -0.25) is 0 Å². The minimum Gasteiger partial charge on any atom is -0.389 e. The van der Waals surface area contributed by atoms with Crippen molar-refractivity contribution in [3.63, 3.8) is 0 Å². The minimum absolute atomic E-state index is 0.495. The molecule has 0 radical (unpaired) electrons. The summed E-state index contributed by atoms with van der Waals surface area (Å²) < 4.78 is 0. The predicted octanol–water partition coefficient (Wildman–Crippen LogP) is 3.59. The highest BCUT2D eigenvalue weighted by molar-refractivity contribution is 7.15. The van der Waals surface area contributed by atoms with Gasteiger partial charge in [-0.2, -0.15) is 0 Å². The van der Waals surface area contributed by atoms with Crippen LogP contribution in [0.1, 0.15) is 37.0 Å². The zero-order valence-electron chi connectivity index (χ0n) is 12.2. The summed E-state index contributed by atoms with van der Waals surface area (Å²) in [5, 5.41) is 14.9. The van der Waals surface area contributed by atoms with Crippen LogP contribution in [0.25, 0.3) is 10.6 Å². The van der Waals surface area contributed by atoms with Gasteiger partial charge in [0.05, 0.1) is 5.60 Å². The average Bonchev–Trinajstić information content (AvgIpc) is 2.98. The Morgan fingerprint density at radius 2 is 1.90 bits per heavy atom. The first kappa shape index (κ1) is 14.7. The Morgan fingerprint density at radius 3 is 2.67 bits per heavy atom. The zero-order valence-corrected chi connectivity index (χ0v) is 13.0. The summed E-state index contributed by atoms with van der Waals surface area (Å²) in [5.41, 5.74) is 0.672. The number of aliphatic hydroxyl groups is 1. The maximum Gasteiger partial charge on any atom is 0.123 e. The molecular formula is C17H22N2OS. The molecule has 4 heteroatoms. The van der Waals surface area contributed by atoms with Gasteiger partial charge in [0.1, 0.15) is 5.01 Å². The van der Waals surface area contributed by atoms with Crippen LogP contribution in [0.15, 0.2) is 36.5 Å². The van der Waals surface area contributed by atoms with E-state index >= 15 is 0 Å². The maximum absolute atomic E-state index is 10.5. The van der Waals surface area contributed by atoms with E-state index in [1.807, 2.05) is 24.4 Å². The lowest BCUT2D eigenvalue weighted by molar-refractivity contribution is 0.00472. The first-order chi connectivity index (χ1) is 10.3. The summed E-state index contributed by atoms with van der Waals surface area (Å²) in [7, 11) is 0. The highest BCUT2D eigenvalue weighted by atomic mass is 32.1. The fourth-order valence-corrected chi connectivity index (χ4v) is 3.80. The summed E-state index contributed by atoms with van der Waals surface area (Å²) in [6, 6.07) is 10.3. The quantitative estimate of drug-likeness (QED) is 0.887. The topological polar surface area (TPSA) is 45.1 Å². The molecule has 1 aliphatic rings. The third kappa shape index (κ3) is 3.90. The van der Waals surface area contributed by atoms with Gasteiger partial charge in [-0.15, -0.1) is 11.3 Å². The lowest BCUT2D eigenvalue weighted by atomic mass is 9.85. The van der Waals surface area contributed by atoms with Crippen molar-refractivity contribution in [2.75, 3.05) is 6.54 Å². The van der Waals surface area contributed by atoms with E-state index in [0.29, 0.717) is 6.54 Å². The molecule has 0 atom stereocenters. The number of thiazole rings is 1. The highest BCUT2D eigenvalue weighted by Crippen LogP contribution is 2.28. The van der Waals surface area contributed by atoms with E-state index in [2.05, 4.69) is 22.4 Å². The molecule has 1 aromatic carbocycles. The molecule has 21 heavy (non-hydrogen) atoms. The predicted molar refractivity (Wildman–Crippen MR) is 87.3 cm³/mol. The van der Waals surface area contributed by atoms with Gasteiger partial charge in [0.15, 0.2) is 0 Å². The van der Waals surface area contributed by atoms with Crippen molar-refractivity contribution in [3.8, 4) is 10.6 Å². The van der Waals surface area contributed by atoms with Crippen LogP contribution in [-0.4, -0.2) is 22.2 Å². The van der Waals surface area contributed by atoms with Crippen molar-refractivity contribution >= 4 is 11.3 Å². The molecule has 0 unspecified atom stereocenters. The molecule has 3 nitrogen and oxygen atoms in total. The van der Waals surface area contributed by atoms with Gasteiger partial charge >= 0.3 is 0 Å². The Morgan fingerprint density at radius 1 is 1.14 bits per heavy atom. The smallest absolute Gasteiger partial charge is 0.123 e. The molecule has 112 valence electrons. The van der Waals surface area contributed by atoms with Crippen LogP contribution >= 0.6 is 11.3 Å². The molecule has 0 aliphatic heterocycles. The summed E-state index contributed by atoms with van der Waals surface area (Å²) in [6.45, 7) is 1.47. The number of nitrogens with zero attached hydrogens (tertiary/aromatic N) is 1. The van der Waals surface area contributed by atoms with Crippen LogP contribution in [0.5, 0.6) is 0 Å². The van der Waals surface area contributed by atoms with Gasteiger partial charge in [0, 0.05) is 29.7 Å². The molecule has 0 saturated heterocycles. The van der Waals surface area contributed by atoms with Crippen LogP contribution in [-0.2, 0) is 6.54 Å². The van der Waals surface area contributed by atoms with Crippen molar-refractivity contribution in [1.29, 1.82) is 0 Å². The summed E-state index contributed by atoms with van der Waals surface area (Å²) >= 11 is 1.72. The van der Waals surface area contributed by atoms with Crippen molar-refractivity contribution in [3.05, 3.63) is 41.4 Å². The maximum atomic E-state index is 10.5. The van der Waals surface area contributed by atoms with Gasteiger partial charge in [0.25, 0.3) is 0 Å². The van der Waals surface area contributed by atoms with Crippen LogP contribution < -0.4 is 5.32 Å². The molecule has 0 bridgehead atoms. The minimum atomic E-state index is -0.495. The van der Waals surface area contributed by atoms with E-state index < -0.39 is 5.60 Å². The molecule has 1 fully saturated rings. The molecule has 1 heterocycles. The van der Waals surface area contributed by atoms with Crippen molar-refractivity contribution in [2.24, 2.45) is 0 Å². The molecule has 2 aromatic rings. The van der Waals surface area contributed by atoms with E-state index in [-0.39, 0.29) is 0 Å². The zero-order chi connectivity index (χ0) is 14.5. The Kier molecular flexibility index (Phi) is 4.68. The second kappa shape index (κ2) is 6.69. The third-order valence-electron chi connectivity index (χ3n) is 4.11.